The number of fused-ring (bicyclic) bond motifs is 1. The number of H-pyrrole nitrogens is 1. The van der Waals surface area contributed by atoms with E-state index in [-0.39, 0.29) is 5.91 Å². The highest BCUT2D eigenvalue weighted by atomic mass is 16.1. The number of anilines is 1. The lowest BCUT2D eigenvalue weighted by molar-refractivity contribution is -0.116. The predicted molar refractivity (Wildman–Crippen MR) is 86.8 cm³/mol. The third-order valence-corrected chi connectivity index (χ3v) is 3.61. The molecule has 0 aliphatic rings. The maximum Gasteiger partial charge on any atom is 0.224 e. The summed E-state index contributed by atoms with van der Waals surface area (Å²) in [5.74, 6) is -0.0104. The topological polar surface area (TPSA) is 70.7 Å². The number of benzene rings is 1. The van der Waals surface area contributed by atoms with Crippen LogP contribution in [0.1, 0.15) is 23.2 Å². The SMILES string of the molecule is Cc1cccc(CCC(=O)Nc2cnc3n[nH]c(C)c3c2)c1. The Morgan fingerprint density at radius 2 is 2.14 bits per heavy atom. The third kappa shape index (κ3) is 3.14. The van der Waals surface area contributed by atoms with Crippen LogP contribution in [0, 0.1) is 13.8 Å². The number of pyridine rings is 1. The first kappa shape index (κ1) is 14.3. The molecule has 22 heavy (non-hydrogen) atoms. The molecule has 1 aromatic carbocycles. The molecule has 0 spiro atoms. The summed E-state index contributed by atoms with van der Waals surface area (Å²) in [7, 11) is 0. The van der Waals surface area contributed by atoms with Crippen LogP contribution in [0.5, 0.6) is 0 Å². The van der Waals surface area contributed by atoms with E-state index in [0.717, 1.165) is 17.5 Å². The molecule has 3 aromatic rings. The molecule has 2 N–H and O–H groups in total. The number of aryl methyl sites for hydroxylation is 3. The fourth-order valence-electron chi connectivity index (χ4n) is 2.44. The first-order valence-corrected chi connectivity index (χ1v) is 7.28. The Morgan fingerprint density at radius 3 is 2.95 bits per heavy atom. The van der Waals surface area contributed by atoms with Crippen LogP contribution in [0.4, 0.5) is 5.69 Å². The minimum atomic E-state index is -0.0104. The van der Waals surface area contributed by atoms with Gasteiger partial charge in [0.15, 0.2) is 5.65 Å². The molecule has 3 rings (SSSR count). The largest absolute Gasteiger partial charge is 0.325 e. The van der Waals surface area contributed by atoms with E-state index >= 15 is 0 Å². The number of aromatic nitrogens is 3. The molecule has 0 radical (unpaired) electrons. The lowest BCUT2D eigenvalue weighted by atomic mass is 10.1. The molecule has 2 heterocycles. The van der Waals surface area contributed by atoms with Gasteiger partial charge in [0.25, 0.3) is 0 Å². The quantitative estimate of drug-likeness (QED) is 0.776. The Bertz CT molecular complexity index is 822. The van der Waals surface area contributed by atoms with Gasteiger partial charge in [-0.15, -0.1) is 0 Å². The van der Waals surface area contributed by atoms with E-state index in [1.165, 1.54) is 11.1 Å². The fraction of sp³-hybridized carbons (Fsp3) is 0.235. The van der Waals surface area contributed by atoms with Crippen LogP contribution in [-0.2, 0) is 11.2 Å². The standard InChI is InChI=1S/C17H18N4O/c1-11-4-3-5-13(8-11)6-7-16(22)19-14-9-15-12(2)20-21-17(15)18-10-14/h3-5,8-10H,6-7H2,1-2H3,(H,19,22)(H,18,20,21). The molecule has 2 aromatic heterocycles. The summed E-state index contributed by atoms with van der Waals surface area (Å²) in [4.78, 5) is 16.3. The number of rotatable bonds is 4. The van der Waals surface area contributed by atoms with Crippen LogP contribution in [-0.4, -0.2) is 21.1 Å². The number of hydrogen-bond donors (Lipinski definition) is 2. The van der Waals surface area contributed by atoms with E-state index in [0.29, 0.717) is 17.8 Å². The minimum absolute atomic E-state index is 0.0104. The summed E-state index contributed by atoms with van der Waals surface area (Å²) in [6.45, 7) is 3.98. The molecular weight excluding hydrogens is 276 g/mol. The van der Waals surface area contributed by atoms with Crippen LogP contribution in [0.3, 0.4) is 0 Å². The lowest BCUT2D eigenvalue weighted by Gasteiger charge is -2.06. The second-order valence-corrected chi connectivity index (χ2v) is 5.48. The van der Waals surface area contributed by atoms with E-state index in [1.807, 2.05) is 25.1 Å². The molecule has 0 unspecified atom stereocenters. The molecule has 0 saturated carbocycles. The molecule has 0 saturated heterocycles. The van der Waals surface area contributed by atoms with E-state index in [1.54, 1.807) is 6.20 Å². The second kappa shape index (κ2) is 5.97. The molecule has 1 amide bonds. The van der Waals surface area contributed by atoms with Gasteiger partial charge in [-0.25, -0.2) is 4.98 Å². The van der Waals surface area contributed by atoms with Crippen molar-refractivity contribution in [3.63, 3.8) is 0 Å². The van der Waals surface area contributed by atoms with Crippen molar-refractivity contribution < 1.29 is 4.79 Å². The van der Waals surface area contributed by atoms with Crippen LogP contribution in [0.2, 0.25) is 0 Å². The van der Waals surface area contributed by atoms with E-state index < -0.39 is 0 Å². The number of nitrogens with one attached hydrogen (secondary N) is 2. The highest BCUT2D eigenvalue weighted by Crippen LogP contribution is 2.17. The number of aromatic amines is 1. The molecule has 5 nitrogen and oxygen atoms in total. The van der Waals surface area contributed by atoms with Gasteiger partial charge in [-0.05, 0) is 31.9 Å². The molecular formula is C17H18N4O. The van der Waals surface area contributed by atoms with Gasteiger partial charge in [0.05, 0.1) is 11.9 Å². The maximum absolute atomic E-state index is 12.1. The van der Waals surface area contributed by atoms with Crippen LogP contribution in [0.25, 0.3) is 11.0 Å². The van der Waals surface area contributed by atoms with Gasteiger partial charge in [0.2, 0.25) is 5.91 Å². The molecule has 5 heteroatoms. The molecule has 0 aliphatic carbocycles. The molecule has 0 aliphatic heterocycles. The van der Waals surface area contributed by atoms with E-state index in [9.17, 15) is 4.79 Å². The zero-order valence-electron chi connectivity index (χ0n) is 12.7. The van der Waals surface area contributed by atoms with Crippen molar-refractivity contribution in [1.29, 1.82) is 0 Å². The summed E-state index contributed by atoms with van der Waals surface area (Å²) in [6.07, 6.45) is 2.81. The number of nitrogens with zero attached hydrogens (tertiary/aromatic N) is 2. The maximum atomic E-state index is 12.1. The van der Waals surface area contributed by atoms with Crippen molar-refractivity contribution >= 4 is 22.6 Å². The fourth-order valence-corrected chi connectivity index (χ4v) is 2.44. The minimum Gasteiger partial charge on any atom is -0.325 e. The van der Waals surface area contributed by atoms with Gasteiger partial charge in [0, 0.05) is 17.5 Å². The van der Waals surface area contributed by atoms with Crippen molar-refractivity contribution in [1.82, 2.24) is 15.2 Å². The Labute approximate surface area is 128 Å². The highest BCUT2D eigenvalue weighted by molar-refractivity contribution is 5.93. The average Bonchev–Trinajstić information content (AvgIpc) is 2.87. The van der Waals surface area contributed by atoms with Gasteiger partial charge < -0.3 is 5.32 Å². The first-order valence-electron chi connectivity index (χ1n) is 7.28. The Hall–Kier alpha value is -2.69. The lowest BCUT2D eigenvalue weighted by Crippen LogP contribution is -2.12. The van der Waals surface area contributed by atoms with E-state index in [2.05, 4.69) is 39.6 Å². The van der Waals surface area contributed by atoms with Crippen molar-refractivity contribution in [2.75, 3.05) is 5.32 Å². The smallest absolute Gasteiger partial charge is 0.224 e. The zero-order chi connectivity index (χ0) is 15.5. The van der Waals surface area contributed by atoms with Gasteiger partial charge in [0.1, 0.15) is 0 Å². The summed E-state index contributed by atoms with van der Waals surface area (Å²) in [5.41, 5.74) is 4.69. The second-order valence-electron chi connectivity index (χ2n) is 5.48. The normalized spacial score (nSPS) is 10.8. The number of carbonyl (C=O) groups is 1. The number of carbonyl (C=O) groups excluding carboxylic acids is 1. The van der Waals surface area contributed by atoms with Gasteiger partial charge >= 0.3 is 0 Å². The highest BCUT2D eigenvalue weighted by Gasteiger charge is 2.07. The zero-order valence-corrected chi connectivity index (χ0v) is 12.7. The van der Waals surface area contributed by atoms with Crippen molar-refractivity contribution in [3.8, 4) is 0 Å². The van der Waals surface area contributed by atoms with E-state index in [4.69, 9.17) is 0 Å². The van der Waals surface area contributed by atoms with Crippen LogP contribution >= 0.6 is 0 Å². The van der Waals surface area contributed by atoms with Crippen molar-refractivity contribution in [2.45, 2.75) is 26.7 Å². The third-order valence-electron chi connectivity index (χ3n) is 3.61. The Morgan fingerprint density at radius 1 is 1.27 bits per heavy atom. The van der Waals surface area contributed by atoms with Gasteiger partial charge in [-0.1, -0.05) is 29.8 Å². The first-order chi connectivity index (χ1) is 10.6. The Balaban J connectivity index is 1.64. The van der Waals surface area contributed by atoms with Crippen molar-refractivity contribution in [2.24, 2.45) is 0 Å². The molecule has 0 bridgehead atoms. The number of amides is 1. The van der Waals surface area contributed by atoms with Crippen LogP contribution in [0.15, 0.2) is 36.5 Å². The molecule has 0 fully saturated rings. The predicted octanol–water partition coefficient (Wildman–Crippen LogP) is 3.15. The summed E-state index contributed by atoms with van der Waals surface area (Å²) < 4.78 is 0. The Kier molecular flexibility index (Phi) is 3.87. The molecule has 112 valence electrons. The summed E-state index contributed by atoms with van der Waals surface area (Å²) >= 11 is 0. The van der Waals surface area contributed by atoms with Crippen molar-refractivity contribution in [3.05, 3.63) is 53.3 Å². The molecule has 0 atom stereocenters. The van der Waals surface area contributed by atoms with Gasteiger partial charge in [-0.2, -0.15) is 5.10 Å². The summed E-state index contributed by atoms with van der Waals surface area (Å²) in [5, 5.41) is 10.8. The summed E-state index contributed by atoms with van der Waals surface area (Å²) in [6, 6.07) is 10.1. The number of hydrogen-bond acceptors (Lipinski definition) is 3. The average molecular weight is 294 g/mol. The van der Waals surface area contributed by atoms with Crippen LogP contribution < -0.4 is 5.32 Å². The van der Waals surface area contributed by atoms with Gasteiger partial charge in [-0.3, -0.25) is 9.89 Å². The monoisotopic (exact) mass is 294 g/mol.